The van der Waals surface area contributed by atoms with Gasteiger partial charge in [-0.25, -0.2) is 0 Å². The Morgan fingerprint density at radius 3 is 2.41 bits per heavy atom. The molecule has 6 rings (SSSR count). The number of esters is 1. The largest absolute Gasteiger partial charge is 0.455 e. The molecule has 0 aliphatic carbocycles. The highest BCUT2D eigenvalue weighted by molar-refractivity contribution is 6.30. The number of aliphatic hydroxyl groups is 1. The molecule has 1 spiro atoms. The Morgan fingerprint density at radius 1 is 1.02 bits per heavy atom. The first-order valence-corrected chi connectivity index (χ1v) is 17.4. The first-order valence-electron chi connectivity index (χ1n) is 17.1. The summed E-state index contributed by atoms with van der Waals surface area (Å²) in [6.07, 6.45) is 6.84. The molecule has 9 atom stereocenters. The molecule has 260 valence electrons. The number of benzene rings is 2. The van der Waals surface area contributed by atoms with Crippen molar-refractivity contribution in [2.24, 2.45) is 17.8 Å². The van der Waals surface area contributed by atoms with Crippen molar-refractivity contribution in [1.82, 2.24) is 9.80 Å². The quantitative estimate of drug-likeness (QED) is 0.345. The fourth-order valence-corrected chi connectivity index (χ4v) is 7.95. The van der Waals surface area contributed by atoms with Gasteiger partial charge in [-0.05, 0) is 49.1 Å². The van der Waals surface area contributed by atoms with E-state index in [0.717, 1.165) is 0 Å². The van der Waals surface area contributed by atoms with Gasteiger partial charge < -0.3 is 29.3 Å². The number of carbonyl (C=O) groups excluding carboxylic acids is 4. The molecule has 0 unspecified atom stereocenters. The van der Waals surface area contributed by atoms with Crippen molar-refractivity contribution >= 4 is 41.0 Å². The number of cyclic esters (lactones) is 1. The molecule has 4 aliphatic heterocycles. The molecule has 1 N–H and O–H groups in total. The molecule has 49 heavy (non-hydrogen) atoms. The van der Waals surface area contributed by atoms with Crippen molar-refractivity contribution < 1.29 is 33.8 Å². The fourth-order valence-electron chi connectivity index (χ4n) is 7.82. The third-order valence-electron chi connectivity index (χ3n) is 10.9. The Hall–Kier alpha value is -3.99. The third-order valence-corrected chi connectivity index (χ3v) is 11.1. The van der Waals surface area contributed by atoms with Gasteiger partial charge in [-0.3, -0.25) is 19.2 Å². The number of allylic oxidation sites excluding steroid dienone is 1. The number of nitrogens with zero attached hydrogens (tertiary/aromatic N) is 3. The predicted molar refractivity (Wildman–Crippen MR) is 184 cm³/mol. The molecule has 0 aromatic heterocycles. The van der Waals surface area contributed by atoms with Crippen LogP contribution in [0.1, 0.15) is 51.7 Å². The number of amides is 3. The normalized spacial score (nSPS) is 32.3. The summed E-state index contributed by atoms with van der Waals surface area (Å²) in [4.78, 5) is 62.2. The summed E-state index contributed by atoms with van der Waals surface area (Å²) < 4.78 is 12.9. The second kappa shape index (κ2) is 14.1. The number of rotatable bonds is 6. The number of fused-ring (bicyclic) bond motifs is 2. The van der Waals surface area contributed by atoms with Crippen molar-refractivity contribution in [2.75, 3.05) is 25.1 Å². The van der Waals surface area contributed by atoms with E-state index in [1.807, 2.05) is 63.3 Å². The number of hydrogen-bond donors (Lipinski definition) is 1. The number of hydrogen-bond acceptors (Lipinski definition) is 7. The Balaban J connectivity index is 1.49. The zero-order valence-electron chi connectivity index (χ0n) is 28.3. The zero-order valence-corrected chi connectivity index (χ0v) is 29.0. The van der Waals surface area contributed by atoms with Crippen molar-refractivity contribution in [3.8, 4) is 0 Å². The van der Waals surface area contributed by atoms with Gasteiger partial charge in [0.15, 0.2) is 0 Å². The van der Waals surface area contributed by atoms with Gasteiger partial charge in [0.05, 0.1) is 30.7 Å². The molecule has 10 nitrogen and oxygen atoms in total. The van der Waals surface area contributed by atoms with Crippen LogP contribution in [0.25, 0.3) is 0 Å². The van der Waals surface area contributed by atoms with Crippen LogP contribution in [-0.4, -0.2) is 88.6 Å². The molecule has 2 fully saturated rings. The number of anilines is 1. The Morgan fingerprint density at radius 2 is 1.73 bits per heavy atom. The summed E-state index contributed by atoms with van der Waals surface area (Å²) in [6.45, 7) is 5.51. The first kappa shape index (κ1) is 34.9. The number of likely N-dealkylation sites (tertiary alicyclic amines) is 1. The molecule has 4 aliphatic rings. The molecule has 0 radical (unpaired) electrons. The van der Waals surface area contributed by atoms with Gasteiger partial charge in [0.25, 0.3) is 5.91 Å². The van der Waals surface area contributed by atoms with Gasteiger partial charge in [-0.1, -0.05) is 86.5 Å². The predicted octanol–water partition coefficient (Wildman–Crippen LogP) is 4.71. The Bertz CT molecular complexity index is 1630. The summed E-state index contributed by atoms with van der Waals surface area (Å²) >= 11 is 6.22. The van der Waals surface area contributed by atoms with E-state index in [0.29, 0.717) is 29.1 Å². The van der Waals surface area contributed by atoms with E-state index in [2.05, 4.69) is 0 Å². The minimum atomic E-state index is -1.47. The van der Waals surface area contributed by atoms with E-state index >= 15 is 4.79 Å². The molecule has 11 heteroatoms. The lowest BCUT2D eigenvalue weighted by Crippen LogP contribution is -2.59. The number of aliphatic hydroxyl groups excluding tert-OH is 1. The maximum atomic E-state index is 15.0. The second-order valence-corrected chi connectivity index (χ2v) is 14.0. The lowest BCUT2D eigenvalue weighted by atomic mass is 9.74. The number of halogens is 1. The van der Waals surface area contributed by atoms with Crippen LogP contribution in [0.2, 0.25) is 5.02 Å². The number of carbonyl (C=O) groups is 4. The monoisotopic (exact) mass is 689 g/mol. The minimum Gasteiger partial charge on any atom is -0.455 e. The standard InChI is InChI=1S/C38H44ClN3O7/c1-5-23(2)28(22-43)42-34-36(46)41(27-17-15-26(39)16-18-27)21-11-7-10-14-30(44)40(4)24(3)33(25-12-8-6-9-13-25)48-37(47)31-29-19-20-38(34,49-29)32(31)35(42)45/h6-9,11-13,15-20,23-24,28-29,31-34,43H,5,10,14,21-22H2,1-4H3/b11-7-/t23-,24-,28-,29+,31-,32-,33+,34+,38-/m0/s1. The Kier molecular flexibility index (Phi) is 10.0. The summed E-state index contributed by atoms with van der Waals surface area (Å²) in [6, 6.07) is 13.7. The highest BCUT2D eigenvalue weighted by Crippen LogP contribution is 2.57. The summed E-state index contributed by atoms with van der Waals surface area (Å²) in [5.41, 5.74) is -0.207. The lowest BCUT2D eigenvalue weighted by Gasteiger charge is -2.40. The van der Waals surface area contributed by atoms with Gasteiger partial charge in [0, 0.05) is 30.7 Å². The summed E-state index contributed by atoms with van der Waals surface area (Å²) in [5.74, 6) is -3.90. The van der Waals surface area contributed by atoms with E-state index in [1.54, 1.807) is 53.3 Å². The molecule has 4 heterocycles. The first-order chi connectivity index (χ1) is 23.5. The van der Waals surface area contributed by atoms with Crippen LogP contribution in [-0.2, 0) is 28.7 Å². The van der Waals surface area contributed by atoms with Crippen molar-refractivity contribution in [3.05, 3.63) is 89.5 Å². The minimum absolute atomic E-state index is 0.126. The van der Waals surface area contributed by atoms with Gasteiger partial charge in [0.1, 0.15) is 23.7 Å². The fraction of sp³-hybridized carbons (Fsp3) is 0.474. The average Bonchev–Trinajstić information content (AvgIpc) is 3.76. The topological polar surface area (TPSA) is 117 Å². The van der Waals surface area contributed by atoms with Gasteiger partial charge in [0.2, 0.25) is 11.8 Å². The van der Waals surface area contributed by atoms with Crippen LogP contribution in [0.15, 0.2) is 78.9 Å². The van der Waals surface area contributed by atoms with Crippen molar-refractivity contribution in [1.29, 1.82) is 0 Å². The third kappa shape index (κ3) is 6.08. The number of ether oxygens (including phenoxy) is 2. The molecule has 3 amide bonds. The smallest absolute Gasteiger partial charge is 0.313 e. The van der Waals surface area contributed by atoms with Gasteiger partial charge in [-0.2, -0.15) is 0 Å². The van der Waals surface area contributed by atoms with E-state index in [4.69, 9.17) is 21.1 Å². The van der Waals surface area contributed by atoms with Crippen LogP contribution in [0.4, 0.5) is 5.69 Å². The molecule has 2 aromatic rings. The van der Waals surface area contributed by atoms with Crippen molar-refractivity contribution in [3.63, 3.8) is 0 Å². The van der Waals surface area contributed by atoms with E-state index in [1.165, 1.54) is 4.90 Å². The maximum Gasteiger partial charge on any atom is 0.313 e. The van der Waals surface area contributed by atoms with Crippen LogP contribution in [0, 0.1) is 17.8 Å². The molecule has 2 saturated heterocycles. The van der Waals surface area contributed by atoms with Crippen LogP contribution < -0.4 is 4.90 Å². The molecule has 0 saturated carbocycles. The SMILES string of the molecule is CC[C@H](C)[C@H](CO)N1C(=O)[C@@H]2[C@H]3C(=O)O[C@@H](c4ccccc4)[C@H](C)N(C)C(=O)CC/C=C\CN(c4ccc(Cl)cc4)C(=O)[C@@H]1[C@]21C=C[C@H]3O1. The molecule has 5 bridgehead atoms. The summed E-state index contributed by atoms with van der Waals surface area (Å²) in [7, 11) is 1.70. The zero-order chi connectivity index (χ0) is 35.0. The molecular formula is C38H44ClN3O7. The van der Waals surface area contributed by atoms with Crippen LogP contribution in [0.5, 0.6) is 0 Å². The second-order valence-electron chi connectivity index (χ2n) is 13.5. The highest BCUT2D eigenvalue weighted by Gasteiger charge is 2.74. The van der Waals surface area contributed by atoms with Gasteiger partial charge in [-0.15, -0.1) is 0 Å². The highest BCUT2D eigenvalue weighted by atomic mass is 35.5. The van der Waals surface area contributed by atoms with Crippen LogP contribution in [0.3, 0.4) is 0 Å². The average molecular weight is 690 g/mol. The van der Waals surface area contributed by atoms with Gasteiger partial charge >= 0.3 is 5.97 Å². The lowest BCUT2D eigenvalue weighted by molar-refractivity contribution is -0.164. The molecular weight excluding hydrogens is 646 g/mol. The van der Waals surface area contributed by atoms with E-state index < -0.39 is 65.6 Å². The summed E-state index contributed by atoms with van der Waals surface area (Å²) in [5, 5.41) is 11.2. The van der Waals surface area contributed by atoms with E-state index in [9.17, 15) is 19.5 Å². The molecule has 2 aromatic carbocycles. The van der Waals surface area contributed by atoms with Crippen molar-refractivity contribution in [2.45, 2.75) is 76.0 Å². The number of likely N-dealkylation sites (N-methyl/N-ethyl adjacent to an activating group) is 1. The maximum absolute atomic E-state index is 15.0. The van der Waals surface area contributed by atoms with Crippen LogP contribution >= 0.6 is 11.6 Å². The Labute approximate surface area is 292 Å². The van der Waals surface area contributed by atoms with E-state index in [-0.39, 0.29) is 31.4 Å².